The SMILES string of the molecule is COc1cc(C2C3=C(CC(C)(C)CC3=O)N(C3CCCCC3)C3=C2C(=O)CC(C)(C)C3)cc(Cl)c1OCc1ccccc1Br. The maximum Gasteiger partial charge on any atom is 0.180 e. The van der Waals surface area contributed by atoms with Gasteiger partial charge in [0, 0.05) is 57.4 Å². The Morgan fingerprint density at radius 1 is 0.886 bits per heavy atom. The maximum atomic E-state index is 14.3. The first kappa shape index (κ1) is 31.4. The van der Waals surface area contributed by atoms with E-state index in [1.807, 2.05) is 36.4 Å². The number of ether oxygens (including phenoxy) is 2. The predicted molar refractivity (Wildman–Crippen MR) is 178 cm³/mol. The smallest absolute Gasteiger partial charge is 0.180 e. The fourth-order valence-corrected chi connectivity index (χ4v) is 8.59. The highest BCUT2D eigenvalue weighted by molar-refractivity contribution is 9.10. The van der Waals surface area contributed by atoms with Crippen LogP contribution < -0.4 is 9.47 Å². The zero-order chi connectivity index (χ0) is 31.4. The minimum Gasteiger partial charge on any atom is -0.493 e. The number of allylic oxidation sites excluding steroid dienone is 4. The highest BCUT2D eigenvalue weighted by atomic mass is 79.9. The van der Waals surface area contributed by atoms with Crippen molar-refractivity contribution in [2.75, 3.05) is 7.11 Å². The number of carbonyl (C=O) groups excluding carboxylic acids is 2. The molecule has 0 atom stereocenters. The number of hydrogen-bond acceptors (Lipinski definition) is 5. The minimum absolute atomic E-state index is 0.135. The van der Waals surface area contributed by atoms with Gasteiger partial charge in [-0.3, -0.25) is 9.59 Å². The van der Waals surface area contributed by atoms with Crippen molar-refractivity contribution < 1.29 is 19.1 Å². The van der Waals surface area contributed by atoms with E-state index in [4.69, 9.17) is 21.1 Å². The molecule has 0 spiro atoms. The van der Waals surface area contributed by atoms with Crippen molar-refractivity contribution >= 4 is 39.1 Å². The molecule has 3 aliphatic carbocycles. The van der Waals surface area contributed by atoms with Crippen molar-refractivity contribution in [1.82, 2.24) is 4.90 Å². The van der Waals surface area contributed by atoms with Crippen molar-refractivity contribution in [2.45, 2.75) is 104 Å². The summed E-state index contributed by atoms with van der Waals surface area (Å²) in [6.07, 6.45) is 8.32. The largest absolute Gasteiger partial charge is 0.493 e. The van der Waals surface area contributed by atoms with E-state index in [0.717, 1.165) is 63.8 Å². The molecule has 7 heteroatoms. The molecule has 0 unspecified atom stereocenters. The average molecular weight is 681 g/mol. The fraction of sp³-hybridized carbons (Fsp3) is 0.514. The molecule has 6 rings (SSSR count). The quantitative estimate of drug-likeness (QED) is 0.304. The number of halogens is 2. The first-order valence-electron chi connectivity index (χ1n) is 15.9. The molecule has 0 aromatic heterocycles. The van der Waals surface area contributed by atoms with Crippen LogP contribution in [0.25, 0.3) is 0 Å². The second-order valence-corrected chi connectivity index (χ2v) is 15.9. The lowest BCUT2D eigenvalue weighted by molar-refractivity contribution is -0.119. The lowest BCUT2D eigenvalue weighted by Gasteiger charge is -2.52. The van der Waals surface area contributed by atoms with Crippen LogP contribution in [0.5, 0.6) is 11.5 Å². The Labute approximate surface area is 275 Å². The van der Waals surface area contributed by atoms with Crippen LogP contribution >= 0.6 is 27.5 Å². The van der Waals surface area contributed by atoms with Gasteiger partial charge in [-0.15, -0.1) is 0 Å². The molecule has 0 radical (unpaired) electrons. The van der Waals surface area contributed by atoms with Crippen molar-refractivity contribution in [3.63, 3.8) is 0 Å². The molecule has 1 heterocycles. The van der Waals surface area contributed by atoms with Gasteiger partial charge in [0.1, 0.15) is 6.61 Å². The minimum atomic E-state index is -0.476. The lowest BCUT2D eigenvalue weighted by atomic mass is 9.63. The molecular formula is C37H43BrClNO4. The summed E-state index contributed by atoms with van der Waals surface area (Å²) in [5, 5.41) is 0.401. The van der Waals surface area contributed by atoms with Crippen LogP contribution in [0.3, 0.4) is 0 Å². The Hall–Kier alpha value is -2.57. The molecular weight excluding hydrogens is 638 g/mol. The molecule has 234 valence electrons. The Morgan fingerprint density at radius 3 is 2.05 bits per heavy atom. The van der Waals surface area contributed by atoms with E-state index in [0.29, 0.717) is 42.0 Å². The molecule has 0 bridgehead atoms. The number of ketones is 2. The van der Waals surface area contributed by atoms with Crippen LogP contribution in [0.2, 0.25) is 5.02 Å². The zero-order valence-corrected chi connectivity index (χ0v) is 28.9. The van der Waals surface area contributed by atoms with Crippen LogP contribution in [0.4, 0.5) is 0 Å². The summed E-state index contributed by atoms with van der Waals surface area (Å²) in [5.74, 6) is 0.733. The van der Waals surface area contributed by atoms with Crippen LogP contribution in [0.15, 0.2) is 63.4 Å². The third-order valence-corrected chi connectivity index (χ3v) is 10.9. The summed E-state index contributed by atoms with van der Waals surface area (Å²) < 4.78 is 13.0. The lowest BCUT2D eigenvalue weighted by Crippen LogP contribution is -2.48. The van der Waals surface area contributed by atoms with Crippen LogP contribution in [-0.2, 0) is 16.2 Å². The number of hydrogen-bond donors (Lipinski definition) is 0. The number of benzene rings is 2. The van der Waals surface area contributed by atoms with E-state index >= 15 is 0 Å². The Kier molecular flexibility index (Phi) is 8.55. The summed E-state index contributed by atoms with van der Waals surface area (Å²) in [6.45, 7) is 9.08. The van der Waals surface area contributed by atoms with Crippen molar-refractivity contribution in [3.05, 3.63) is 79.6 Å². The third-order valence-electron chi connectivity index (χ3n) is 9.81. The summed E-state index contributed by atoms with van der Waals surface area (Å²) in [4.78, 5) is 31.0. The molecule has 0 amide bonds. The molecule has 2 aromatic carbocycles. The first-order chi connectivity index (χ1) is 20.9. The van der Waals surface area contributed by atoms with E-state index < -0.39 is 5.92 Å². The van der Waals surface area contributed by atoms with E-state index in [-0.39, 0.29) is 22.4 Å². The second-order valence-electron chi connectivity index (χ2n) is 14.6. The molecule has 0 N–H and O–H groups in total. The molecule has 1 fully saturated rings. The Bertz CT molecular complexity index is 1510. The first-order valence-corrected chi connectivity index (χ1v) is 17.1. The molecule has 4 aliphatic rings. The molecule has 5 nitrogen and oxygen atoms in total. The summed E-state index contributed by atoms with van der Waals surface area (Å²) >= 11 is 10.6. The Morgan fingerprint density at radius 2 is 1.48 bits per heavy atom. The van der Waals surface area contributed by atoms with Crippen molar-refractivity contribution in [2.24, 2.45) is 10.8 Å². The van der Waals surface area contributed by atoms with Gasteiger partial charge in [0.15, 0.2) is 23.1 Å². The number of methoxy groups -OCH3 is 1. The van der Waals surface area contributed by atoms with Gasteiger partial charge >= 0.3 is 0 Å². The zero-order valence-electron chi connectivity index (χ0n) is 26.5. The van der Waals surface area contributed by atoms with Crippen LogP contribution in [0, 0.1) is 10.8 Å². The summed E-state index contributed by atoms with van der Waals surface area (Å²) in [6, 6.07) is 12.0. The topological polar surface area (TPSA) is 55.8 Å². The van der Waals surface area contributed by atoms with Crippen LogP contribution in [-0.4, -0.2) is 29.6 Å². The maximum absolute atomic E-state index is 14.3. The standard InChI is InChI=1S/C37H43BrClNO4/c1-36(2)17-27-33(29(41)19-36)32(34-28(18-37(3,4)20-30(34)42)40(27)24-12-7-6-8-13-24)23-15-26(39)35(31(16-23)43-5)44-21-22-11-9-10-14-25(22)38/h9-11,14-16,24,32H,6-8,12-13,17-21H2,1-5H3. The van der Waals surface area contributed by atoms with Gasteiger partial charge in [-0.25, -0.2) is 0 Å². The van der Waals surface area contributed by atoms with E-state index in [9.17, 15) is 9.59 Å². The molecule has 44 heavy (non-hydrogen) atoms. The average Bonchev–Trinajstić information content (AvgIpc) is 2.95. The summed E-state index contributed by atoms with van der Waals surface area (Å²) in [7, 11) is 1.60. The van der Waals surface area contributed by atoms with E-state index in [1.165, 1.54) is 19.3 Å². The van der Waals surface area contributed by atoms with E-state index in [1.54, 1.807) is 7.11 Å². The number of nitrogens with zero attached hydrogens (tertiary/aromatic N) is 1. The summed E-state index contributed by atoms with van der Waals surface area (Å²) in [5.41, 5.74) is 5.29. The highest BCUT2D eigenvalue weighted by Crippen LogP contribution is 2.56. The number of carbonyl (C=O) groups is 2. The van der Waals surface area contributed by atoms with Gasteiger partial charge in [-0.2, -0.15) is 0 Å². The fourth-order valence-electron chi connectivity index (χ4n) is 7.92. The second kappa shape index (κ2) is 12.0. The normalized spacial score (nSPS) is 22.2. The monoisotopic (exact) mass is 679 g/mol. The molecule has 1 saturated carbocycles. The van der Waals surface area contributed by atoms with Crippen LogP contribution in [0.1, 0.15) is 103 Å². The van der Waals surface area contributed by atoms with Gasteiger partial charge < -0.3 is 14.4 Å². The molecule has 1 aliphatic heterocycles. The van der Waals surface area contributed by atoms with Gasteiger partial charge in [0.05, 0.1) is 12.1 Å². The molecule has 0 saturated heterocycles. The van der Waals surface area contributed by atoms with Gasteiger partial charge in [0.2, 0.25) is 0 Å². The number of Topliss-reactive ketones (excluding diaryl/α,β-unsaturated/α-hetero) is 2. The van der Waals surface area contributed by atoms with Gasteiger partial charge in [0.25, 0.3) is 0 Å². The van der Waals surface area contributed by atoms with Gasteiger partial charge in [-0.05, 0) is 60.3 Å². The molecule has 2 aromatic rings. The third kappa shape index (κ3) is 5.89. The Balaban J connectivity index is 1.51. The van der Waals surface area contributed by atoms with Crippen molar-refractivity contribution in [3.8, 4) is 11.5 Å². The van der Waals surface area contributed by atoms with E-state index in [2.05, 4.69) is 48.5 Å². The van der Waals surface area contributed by atoms with Gasteiger partial charge in [-0.1, -0.05) is 92.7 Å². The number of rotatable bonds is 6. The predicted octanol–water partition coefficient (Wildman–Crippen LogP) is 9.71. The highest BCUT2D eigenvalue weighted by Gasteiger charge is 2.50. The van der Waals surface area contributed by atoms with Crippen molar-refractivity contribution in [1.29, 1.82) is 0 Å².